The lowest BCUT2D eigenvalue weighted by molar-refractivity contribution is -0.129. The molecule has 0 radical (unpaired) electrons. The average molecular weight is 576 g/mol. The fourth-order valence-electron chi connectivity index (χ4n) is 4.71. The number of carbonyl (C=O) groups excluding carboxylic acids is 1. The van der Waals surface area contributed by atoms with Crippen molar-refractivity contribution in [1.29, 1.82) is 0 Å². The van der Waals surface area contributed by atoms with Gasteiger partial charge in [-0.1, -0.05) is 26.7 Å². The Morgan fingerprint density at radius 2 is 1.74 bits per heavy atom. The first-order chi connectivity index (χ1) is 20.4. The number of anilines is 2. The molecule has 0 unspecified atom stereocenters. The van der Waals surface area contributed by atoms with Crippen LogP contribution in [0.15, 0.2) is 55.0 Å². The molecule has 0 aliphatic heterocycles. The highest BCUT2D eigenvalue weighted by atomic mass is 16.5. The van der Waals surface area contributed by atoms with E-state index in [4.69, 9.17) is 19.7 Å². The molecule has 0 bridgehead atoms. The van der Waals surface area contributed by atoms with Gasteiger partial charge in [0.2, 0.25) is 5.91 Å². The Morgan fingerprint density at radius 3 is 2.45 bits per heavy atom. The molecule has 0 aliphatic rings. The molecule has 2 heterocycles. The highest BCUT2D eigenvalue weighted by Crippen LogP contribution is 2.34. The van der Waals surface area contributed by atoms with Crippen LogP contribution in [0.4, 0.5) is 11.4 Å². The number of ether oxygens (including phenoxy) is 2. The van der Waals surface area contributed by atoms with Crippen molar-refractivity contribution in [2.45, 2.75) is 58.5 Å². The van der Waals surface area contributed by atoms with Crippen LogP contribution >= 0.6 is 0 Å². The van der Waals surface area contributed by atoms with Gasteiger partial charge in [-0.2, -0.15) is 5.10 Å². The van der Waals surface area contributed by atoms with Crippen LogP contribution in [0.1, 0.15) is 46.0 Å². The van der Waals surface area contributed by atoms with Crippen molar-refractivity contribution in [1.82, 2.24) is 30.5 Å². The van der Waals surface area contributed by atoms with E-state index in [-0.39, 0.29) is 5.91 Å². The molecule has 0 spiro atoms. The SMILES string of the molecule is COc1cc(OC)cc(N(CCNC(C)C)c2ccc3ncc(-c4cnn(CCCCCCC(=O)NO)c4)nc3c2)c1. The maximum Gasteiger partial charge on any atom is 0.243 e. The summed E-state index contributed by atoms with van der Waals surface area (Å²) in [6.07, 6.45) is 9.54. The minimum Gasteiger partial charge on any atom is -0.497 e. The van der Waals surface area contributed by atoms with Crippen LogP contribution in [0.25, 0.3) is 22.3 Å². The van der Waals surface area contributed by atoms with Crippen molar-refractivity contribution in [2.24, 2.45) is 0 Å². The van der Waals surface area contributed by atoms with E-state index < -0.39 is 0 Å². The van der Waals surface area contributed by atoms with Gasteiger partial charge in [-0.25, -0.2) is 10.5 Å². The molecule has 0 saturated carbocycles. The van der Waals surface area contributed by atoms with Gasteiger partial charge in [-0.15, -0.1) is 0 Å². The van der Waals surface area contributed by atoms with E-state index in [1.807, 2.05) is 41.3 Å². The Bertz CT molecular complexity index is 1430. The molecule has 224 valence electrons. The van der Waals surface area contributed by atoms with Crippen LogP contribution in [-0.4, -0.2) is 64.2 Å². The van der Waals surface area contributed by atoms with Crippen LogP contribution in [0.3, 0.4) is 0 Å². The molecule has 11 nitrogen and oxygen atoms in total. The first-order valence-corrected chi connectivity index (χ1v) is 14.4. The maximum atomic E-state index is 11.1. The number of carbonyl (C=O) groups is 1. The van der Waals surface area contributed by atoms with Crippen molar-refractivity contribution in [2.75, 3.05) is 32.2 Å². The van der Waals surface area contributed by atoms with Gasteiger partial charge in [0.15, 0.2) is 0 Å². The Kier molecular flexibility index (Phi) is 11.1. The quantitative estimate of drug-likeness (QED) is 0.0950. The van der Waals surface area contributed by atoms with E-state index in [1.165, 1.54) is 0 Å². The number of fused-ring (bicyclic) bond motifs is 1. The number of aryl methyl sites for hydroxylation is 1. The maximum absolute atomic E-state index is 11.1. The molecular formula is C31H41N7O4. The normalized spacial score (nSPS) is 11.2. The fourth-order valence-corrected chi connectivity index (χ4v) is 4.71. The fraction of sp³-hybridized carbons (Fsp3) is 0.419. The summed E-state index contributed by atoms with van der Waals surface area (Å²) >= 11 is 0. The van der Waals surface area contributed by atoms with E-state index in [2.05, 4.69) is 46.3 Å². The molecule has 0 saturated heterocycles. The second-order valence-electron chi connectivity index (χ2n) is 10.5. The number of hydrogen-bond acceptors (Lipinski definition) is 9. The molecule has 4 aromatic rings. The number of methoxy groups -OCH3 is 2. The van der Waals surface area contributed by atoms with Crippen molar-refractivity contribution in [3.05, 3.63) is 55.0 Å². The zero-order valence-electron chi connectivity index (χ0n) is 24.8. The predicted molar refractivity (Wildman–Crippen MR) is 163 cm³/mol. The molecule has 0 fully saturated rings. The number of unbranched alkanes of at least 4 members (excludes halogenated alkanes) is 3. The van der Waals surface area contributed by atoms with Gasteiger partial charge in [-0.05, 0) is 31.0 Å². The largest absolute Gasteiger partial charge is 0.497 e. The van der Waals surface area contributed by atoms with Crippen LogP contribution < -0.4 is 25.2 Å². The van der Waals surface area contributed by atoms with Gasteiger partial charge in [0.1, 0.15) is 11.5 Å². The Hall–Kier alpha value is -4.22. The van der Waals surface area contributed by atoms with Crippen molar-refractivity contribution >= 4 is 28.3 Å². The van der Waals surface area contributed by atoms with Crippen LogP contribution in [-0.2, 0) is 11.3 Å². The average Bonchev–Trinajstić information content (AvgIpc) is 3.48. The lowest BCUT2D eigenvalue weighted by Crippen LogP contribution is -2.32. The number of hydrogen-bond donors (Lipinski definition) is 3. The summed E-state index contributed by atoms with van der Waals surface area (Å²) in [6, 6.07) is 12.4. The third-order valence-corrected chi connectivity index (χ3v) is 6.97. The molecule has 4 rings (SSSR count). The first kappa shape index (κ1) is 30.7. The Labute approximate surface area is 246 Å². The number of rotatable bonds is 16. The molecule has 11 heteroatoms. The molecule has 0 aliphatic carbocycles. The van der Waals surface area contributed by atoms with E-state index >= 15 is 0 Å². The summed E-state index contributed by atoms with van der Waals surface area (Å²) in [5, 5.41) is 16.6. The van der Waals surface area contributed by atoms with Gasteiger partial charge >= 0.3 is 0 Å². The van der Waals surface area contributed by atoms with Crippen LogP contribution in [0.5, 0.6) is 11.5 Å². The predicted octanol–water partition coefficient (Wildman–Crippen LogP) is 5.10. The topological polar surface area (TPSA) is 127 Å². The lowest BCUT2D eigenvalue weighted by atomic mass is 10.1. The summed E-state index contributed by atoms with van der Waals surface area (Å²) < 4.78 is 13.0. The standard InChI is InChI=1S/C31H41N7O4/c1-22(2)32-12-14-38(25-15-26(41-3)18-27(16-25)42-4)24-10-11-28-29(17-24)35-30(20-33-28)23-19-34-37(21-23)13-8-6-5-7-9-31(39)36-40/h10-11,15-22,32,40H,5-9,12-14H2,1-4H3,(H,36,39). The van der Waals surface area contributed by atoms with E-state index in [0.717, 1.165) is 90.5 Å². The van der Waals surface area contributed by atoms with Gasteiger partial charge in [-0.3, -0.25) is 19.7 Å². The van der Waals surface area contributed by atoms with Crippen LogP contribution in [0, 0.1) is 0 Å². The third kappa shape index (κ3) is 8.40. The van der Waals surface area contributed by atoms with E-state index in [0.29, 0.717) is 12.5 Å². The molecule has 2 aromatic carbocycles. The number of nitrogens with one attached hydrogen (secondary N) is 2. The minimum atomic E-state index is -0.341. The minimum absolute atomic E-state index is 0.338. The number of aromatic nitrogens is 4. The summed E-state index contributed by atoms with van der Waals surface area (Å²) in [5.74, 6) is 1.10. The number of benzene rings is 2. The van der Waals surface area contributed by atoms with Gasteiger partial charge in [0.25, 0.3) is 0 Å². The zero-order valence-corrected chi connectivity index (χ0v) is 24.8. The van der Waals surface area contributed by atoms with E-state index in [9.17, 15) is 4.79 Å². The molecule has 0 atom stereocenters. The molecule has 3 N–H and O–H groups in total. The smallest absolute Gasteiger partial charge is 0.243 e. The Morgan fingerprint density at radius 1 is 0.976 bits per heavy atom. The second-order valence-corrected chi connectivity index (χ2v) is 10.5. The van der Waals surface area contributed by atoms with Crippen molar-refractivity contribution in [3.63, 3.8) is 0 Å². The highest BCUT2D eigenvalue weighted by Gasteiger charge is 2.15. The van der Waals surface area contributed by atoms with Gasteiger partial charge in [0, 0.05) is 73.4 Å². The van der Waals surface area contributed by atoms with Gasteiger partial charge in [0.05, 0.1) is 43.3 Å². The summed E-state index contributed by atoms with van der Waals surface area (Å²) in [7, 11) is 3.31. The monoisotopic (exact) mass is 575 g/mol. The molecule has 2 aromatic heterocycles. The summed E-state index contributed by atoms with van der Waals surface area (Å²) in [5.41, 5.74) is 6.89. The van der Waals surface area contributed by atoms with E-state index in [1.54, 1.807) is 25.9 Å². The van der Waals surface area contributed by atoms with Crippen molar-refractivity contribution in [3.8, 4) is 22.8 Å². The number of hydroxylamine groups is 1. The van der Waals surface area contributed by atoms with Crippen molar-refractivity contribution < 1.29 is 19.5 Å². The number of nitrogens with zero attached hydrogens (tertiary/aromatic N) is 5. The lowest BCUT2D eigenvalue weighted by Gasteiger charge is -2.27. The zero-order chi connectivity index (χ0) is 29.9. The van der Waals surface area contributed by atoms with Crippen LogP contribution in [0.2, 0.25) is 0 Å². The number of amides is 1. The highest BCUT2D eigenvalue weighted by molar-refractivity contribution is 5.82. The molecule has 42 heavy (non-hydrogen) atoms. The molecular weight excluding hydrogens is 534 g/mol. The third-order valence-electron chi connectivity index (χ3n) is 6.97. The second kappa shape index (κ2) is 15.1. The summed E-state index contributed by atoms with van der Waals surface area (Å²) in [6.45, 7) is 6.57. The molecule has 1 amide bonds. The summed E-state index contributed by atoms with van der Waals surface area (Å²) in [4.78, 5) is 23.0. The first-order valence-electron chi connectivity index (χ1n) is 14.4. The Balaban J connectivity index is 1.52. The van der Waals surface area contributed by atoms with Gasteiger partial charge < -0.3 is 19.7 Å².